The maximum absolute atomic E-state index is 13.7. The lowest BCUT2D eigenvalue weighted by atomic mass is 10.1. The Bertz CT molecular complexity index is 843. The number of hydrogen-bond donors (Lipinski definition) is 1. The Hall–Kier alpha value is -2.76. The number of carboxylic acids is 1. The van der Waals surface area contributed by atoms with E-state index in [-0.39, 0.29) is 17.7 Å². The van der Waals surface area contributed by atoms with Gasteiger partial charge in [0.1, 0.15) is 11.6 Å². The number of imidazole rings is 1. The third-order valence-electron chi connectivity index (χ3n) is 3.22. The lowest BCUT2D eigenvalue weighted by molar-refractivity contribution is 0.0698. The Kier molecular flexibility index (Phi) is 3.13. The molecular weight excluding hydrogens is 278 g/mol. The van der Waals surface area contributed by atoms with E-state index in [9.17, 15) is 18.7 Å². The van der Waals surface area contributed by atoms with Crippen molar-refractivity contribution in [1.82, 2.24) is 9.55 Å². The van der Waals surface area contributed by atoms with E-state index in [1.165, 1.54) is 23.0 Å². The van der Waals surface area contributed by atoms with Crippen molar-refractivity contribution in [3.8, 4) is 0 Å². The van der Waals surface area contributed by atoms with Gasteiger partial charge >= 0.3 is 5.97 Å². The fourth-order valence-electron chi connectivity index (χ4n) is 2.25. The van der Waals surface area contributed by atoms with Crippen molar-refractivity contribution in [2.45, 2.75) is 6.54 Å². The molecule has 0 unspecified atom stereocenters. The van der Waals surface area contributed by atoms with Gasteiger partial charge in [0, 0.05) is 11.6 Å². The molecule has 3 rings (SSSR count). The minimum Gasteiger partial charge on any atom is -0.478 e. The van der Waals surface area contributed by atoms with E-state index in [1.807, 2.05) is 0 Å². The minimum absolute atomic E-state index is 0.0763. The van der Waals surface area contributed by atoms with E-state index in [2.05, 4.69) is 4.98 Å². The Morgan fingerprint density at radius 3 is 2.76 bits per heavy atom. The smallest absolute Gasteiger partial charge is 0.337 e. The van der Waals surface area contributed by atoms with E-state index in [4.69, 9.17) is 0 Å². The molecule has 0 aliphatic heterocycles. The summed E-state index contributed by atoms with van der Waals surface area (Å²) in [7, 11) is 0. The first kappa shape index (κ1) is 13.2. The number of aromatic carboxylic acids is 1. The van der Waals surface area contributed by atoms with Crippen LogP contribution in [0.2, 0.25) is 0 Å². The second-order valence-corrected chi connectivity index (χ2v) is 4.59. The van der Waals surface area contributed by atoms with Gasteiger partial charge < -0.3 is 9.67 Å². The van der Waals surface area contributed by atoms with Crippen molar-refractivity contribution in [3.05, 3.63) is 65.5 Å². The van der Waals surface area contributed by atoms with Crippen molar-refractivity contribution in [3.63, 3.8) is 0 Å². The highest BCUT2D eigenvalue weighted by atomic mass is 19.1. The highest BCUT2D eigenvalue weighted by Gasteiger charge is 2.14. The number of nitrogens with zero attached hydrogens (tertiary/aromatic N) is 2. The number of carbonyl (C=O) groups is 1. The quantitative estimate of drug-likeness (QED) is 0.806. The largest absolute Gasteiger partial charge is 0.478 e. The molecule has 0 atom stereocenters. The molecule has 1 aromatic heterocycles. The van der Waals surface area contributed by atoms with Gasteiger partial charge in [-0.25, -0.2) is 18.6 Å². The van der Waals surface area contributed by atoms with Crippen molar-refractivity contribution in [2.75, 3.05) is 0 Å². The zero-order valence-electron chi connectivity index (χ0n) is 10.8. The predicted molar refractivity (Wildman–Crippen MR) is 72.2 cm³/mol. The molecule has 0 aliphatic carbocycles. The van der Waals surface area contributed by atoms with Crippen LogP contribution < -0.4 is 0 Å². The molecule has 1 heterocycles. The zero-order valence-corrected chi connectivity index (χ0v) is 10.8. The molecule has 0 fully saturated rings. The van der Waals surface area contributed by atoms with Gasteiger partial charge in [-0.05, 0) is 18.2 Å². The van der Waals surface area contributed by atoms with Crippen LogP contribution in [0.5, 0.6) is 0 Å². The third kappa shape index (κ3) is 2.35. The molecule has 0 radical (unpaired) electrons. The first-order valence-corrected chi connectivity index (χ1v) is 6.17. The van der Waals surface area contributed by atoms with Crippen molar-refractivity contribution >= 4 is 17.0 Å². The van der Waals surface area contributed by atoms with Crippen LogP contribution >= 0.6 is 0 Å². The van der Waals surface area contributed by atoms with Crippen LogP contribution in [-0.2, 0) is 6.54 Å². The van der Waals surface area contributed by atoms with Crippen molar-refractivity contribution in [1.29, 1.82) is 0 Å². The van der Waals surface area contributed by atoms with Crippen LogP contribution in [0, 0.1) is 11.6 Å². The predicted octanol–water partition coefficient (Wildman–Crippen LogP) is 3.06. The lowest BCUT2D eigenvalue weighted by Gasteiger charge is -2.07. The van der Waals surface area contributed by atoms with E-state index >= 15 is 0 Å². The van der Waals surface area contributed by atoms with Crippen LogP contribution in [0.1, 0.15) is 15.9 Å². The molecule has 0 bridgehead atoms. The van der Waals surface area contributed by atoms with Gasteiger partial charge in [0.2, 0.25) is 0 Å². The van der Waals surface area contributed by atoms with Gasteiger partial charge in [-0.3, -0.25) is 0 Å². The standard InChI is InChI=1S/C15H10F2N2O2/c16-10-5-4-9(12(17)6-10)7-19-8-18-13-3-1-2-11(14(13)19)15(20)21/h1-6,8H,7H2,(H,20,21). The van der Waals surface area contributed by atoms with Gasteiger partial charge in [0.05, 0.1) is 29.5 Å². The summed E-state index contributed by atoms with van der Waals surface area (Å²) >= 11 is 0. The third-order valence-corrected chi connectivity index (χ3v) is 3.22. The summed E-state index contributed by atoms with van der Waals surface area (Å²) < 4.78 is 28.2. The van der Waals surface area contributed by atoms with Crippen molar-refractivity contribution < 1.29 is 18.7 Å². The normalized spacial score (nSPS) is 11.0. The molecule has 4 nitrogen and oxygen atoms in total. The Balaban J connectivity index is 2.11. The first-order valence-electron chi connectivity index (χ1n) is 6.17. The number of aromatic nitrogens is 2. The maximum atomic E-state index is 13.7. The van der Waals surface area contributed by atoms with Crippen LogP contribution in [0.4, 0.5) is 8.78 Å². The molecular formula is C15H10F2N2O2. The summed E-state index contributed by atoms with van der Waals surface area (Å²) in [6, 6.07) is 8.03. The van der Waals surface area contributed by atoms with E-state index in [1.54, 1.807) is 12.1 Å². The van der Waals surface area contributed by atoms with E-state index in [0.717, 1.165) is 12.1 Å². The molecule has 2 aromatic carbocycles. The summed E-state index contributed by atoms with van der Waals surface area (Å²) in [6.45, 7) is 0.0763. The second-order valence-electron chi connectivity index (χ2n) is 4.59. The van der Waals surface area contributed by atoms with Gasteiger partial charge in [-0.15, -0.1) is 0 Å². The monoisotopic (exact) mass is 288 g/mol. The number of halogens is 2. The summed E-state index contributed by atoms with van der Waals surface area (Å²) in [5.41, 5.74) is 1.27. The Labute approximate surface area is 118 Å². The molecule has 0 saturated carbocycles. The average molecular weight is 288 g/mol. The molecule has 0 spiro atoms. The van der Waals surface area contributed by atoms with Gasteiger partial charge in [0.25, 0.3) is 0 Å². The van der Waals surface area contributed by atoms with Crippen LogP contribution in [0.3, 0.4) is 0 Å². The Morgan fingerprint density at radius 1 is 1.24 bits per heavy atom. The summed E-state index contributed by atoms with van der Waals surface area (Å²) in [4.78, 5) is 15.4. The van der Waals surface area contributed by atoms with Crippen LogP contribution in [0.15, 0.2) is 42.7 Å². The minimum atomic E-state index is -1.08. The van der Waals surface area contributed by atoms with Crippen LogP contribution in [-0.4, -0.2) is 20.6 Å². The Morgan fingerprint density at radius 2 is 2.05 bits per heavy atom. The SMILES string of the molecule is O=C(O)c1cccc2ncn(Cc3ccc(F)cc3F)c12. The fourth-order valence-corrected chi connectivity index (χ4v) is 2.25. The number of para-hydroxylation sites is 1. The number of hydrogen-bond acceptors (Lipinski definition) is 2. The highest BCUT2D eigenvalue weighted by Crippen LogP contribution is 2.20. The molecule has 6 heteroatoms. The van der Waals surface area contributed by atoms with Gasteiger partial charge in [-0.2, -0.15) is 0 Å². The number of carboxylic acid groups (broad SMARTS) is 1. The molecule has 3 aromatic rings. The number of benzene rings is 2. The van der Waals surface area contributed by atoms with E-state index < -0.39 is 17.6 Å². The number of fused-ring (bicyclic) bond motifs is 1. The van der Waals surface area contributed by atoms with Crippen molar-refractivity contribution in [2.24, 2.45) is 0 Å². The highest BCUT2D eigenvalue weighted by molar-refractivity contribution is 6.01. The fraction of sp³-hybridized carbons (Fsp3) is 0.0667. The molecule has 21 heavy (non-hydrogen) atoms. The van der Waals surface area contributed by atoms with Gasteiger partial charge in [-0.1, -0.05) is 12.1 Å². The van der Waals surface area contributed by atoms with Gasteiger partial charge in [0.15, 0.2) is 0 Å². The first-order chi connectivity index (χ1) is 10.1. The second kappa shape index (κ2) is 4.97. The molecule has 1 N–H and O–H groups in total. The molecule has 0 amide bonds. The van der Waals surface area contributed by atoms with E-state index in [0.29, 0.717) is 11.0 Å². The lowest BCUT2D eigenvalue weighted by Crippen LogP contribution is -2.05. The number of rotatable bonds is 3. The summed E-state index contributed by atoms with van der Waals surface area (Å²) in [5, 5.41) is 9.22. The summed E-state index contributed by atoms with van der Waals surface area (Å²) in [5.74, 6) is -2.41. The summed E-state index contributed by atoms with van der Waals surface area (Å²) in [6.07, 6.45) is 1.44. The average Bonchev–Trinajstić information content (AvgIpc) is 2.85. The molecule has 0 saturated heterocycles. The maximum Gasteiger partial charge on any atom is 0.337 e. The van der Waals surface area contributed by atoms with Crippen LogP contribution in [0.25, 0.3) is 11.0 Å². The molecule has 0 aliphatic rings. The zero-order chi connectivity index (χ0) is 15.0. The molecule has 106 valence electrons. The topological polar surface area (TPSA) is 55.1 Å².